The molecule has 1 unspecified atom stereocenters. The summed E-state index contributed by atoms with van der Waals surface area (Å²) in [4.78, 5) is 6.58. The number of aromatic nitrogens is 1. The number of rotatable bonds is 6. The van der Waals surface area contributed by atoms with Gasteiger partial charge in [0.05, 0.1) is 24.9 Å². The van der Waals surface area contributed by atoms with Gasteiger partial charge in [0.15, 0.2) is 0 Å². The van der Waals surface area contributed by atoms with E-state index in [-0.39, 0.29) is 12.6 Å². The van der Waals surface area contributed by atoms with Gasteiger partial charge in [0, 0.05) is 5.69 Å². The van der Waals surface area contributed by atoms with Gasteiger partial charge >= 0.3 is 0 Å². The lowest BCUT2D eigenvalue weighted by Crippen LogP contribution is -2.37. The summed E-state index contributed by atoms with van der Waals surface area (Å²) in [6, 6.07) is 10.1. The van der Waals surface area contributed by atoms with Crippen molar-refractivity contribution in [2.24, 2.45) is 0 Å². The predicted molar refractivity (Wildman–Crippen MR) is 79.8 cm³/mol. The van der Waals surface area contributed by atoms with Gasteiger partial charge in [-0.2, -0.15) is 0 Å². The van der Waals surface area contributed by atoms with Crippen molar-refractivity contribution in [2.75, 3.05) is 11.5 Å². The summed E-state index contributed by atoms with van der Waals surface area (Å²) in [5.41, 5.74) is 1.99. The minimum atomic E-state index is 0.0601. The molecule has 2 rings (SSSR count). The highest BCUT2D eigenvalue weighted by molar-refractivity contribution is 5.47. The van der Waals surface area contributed by atoms with Crippen LogP contribution in [0.5, 0.6) is 0 Å². The second kappa shape index (κ2) is 6.57. The average Bonchev–Trinajstić information content (AvgIpc) is 2.78. The van der Waals surface area contributed by atoms with E-state index in [1.807, 2.05) is 44.2 Å². The Hall–Kier alpha value is -1.81. The first-order chi connectivity index (χ1) is 9.65. The molecular weight excluding hydrogens is 252 g/mol. The molecule has 1 heterocycles. The van der Waals surface area contributed by atoms with E-state index >= 15 is 0 Å². The summed E-state index contributed by atoms with van der Waals surface area (Å²) in [6.45, 7) is 6.62. The summed E-state index contributed by atoms with van der Waals surface area (Å²) < 4.78 is 5.67. The molecule has 0 bridgehead atoms. The number of aliphatic hydroxyl groups is 1. The summed E-state index contributed by atoms with van der Waals surface area (Å²) in [6.07, 6.45) is 0.865. The number of para-hydroxylation sites is 1. The fourth-order valence-corrected chi connectivity index (χ4v) is 2.25. The van der Waals surface area contributed by atoms with Gasteiger partial charge in [-0.25, -0.2) is 4.98 Å². The maximum atomic E-state index is 9.60. The van der Waals surface area contributed by atoms with E-state index in [0.717, 1.165) is 23.6 Å². The number of anilines is 1. The maximum Gasteiger partial charge on any atom is 0.214 e. The van der Waals surface area contributed by atoms with Gasteiger partial charge in [-0.15, -0.1) is 0 Å². The summed E-state index contributed by atoms with van der Waals surface area (Å²) >= 11 is 0. The minimum Gasteiger partial charge on any atom is -0.444 e. The molecule has 0 aliphatic heterocycles. The van der Waals surface area contributed by atoms with Crippen molar-refractivity contribution >= 4 is 5.69 Å². The normalized spacial score (nSPS) is 12.4. The smallest absolute Gasteiger partial charge is 0.214 e. The van der Waals surface area contributed by atoms with E-state index < -0.39 is 0 Å². The molecule has 1 aromatic heterocycles. The highest BCUT2D eigenvalue weighted by Crippen LogP contribution is 2.21. The van der Waals surface area contributed by atoms with Crippen LogP contribution < -0.4 is 4.90 Å². The van der Waals surface area contributed by atoms with Crippen LogP contribution in [0, 0.1) is 13.8 Å². The Morgan fingerprint density at radius 1 is 1.25 bits per heavy atom. The van der Waals surface area contributed by atoms with Crippen LogP contribution >= 0.6 is 0 Å². The summed E-state index contributed by atoms with van der Waals surface area (Å²) in [5.74, 6) is 1.54. The second-order valence-electron chi connectivity index (χ2n) is 4.96. The van der Waals surface area contributed by atoms with Crippen LogP contribution in [0.3, 0.4) is 0 Å². The zero-order valence-corrected chi connectivity index (χ0v) is 12.3. The number of aryl methyl sites for hydroxylation is 2. The molecule has 4 nitrogen and oxygen atoms in total. The lowest BCUT2D eigenvalue weighted by atomic mass is 10.1. The molecule has 0 fully saturated rings. The van der Waals surface area contributed by atoms with Gasteiger partial charge in [-0.3, -0.25) is 0 Å². The largest absolute Gasteiger partial charge is 0.444 e. The molecule has 1 atom stereocenters. The Kier molecular flexibility index (Phi) is 4.79. The Bertz CT molecular complexity index is 513. The molecule has 1 N–H and O–H groups in total. The monoisotopic (exact) mass is 274 g/mol. The topological polar surface area (TPSA) is 49.5 Å². The molecule has 4 heteroatoms. The zero-order valence-electron chi connectivity index (χ0n) is 12.3. The molecular formula is C16H22N2O2. The molecule has 0 spiro atoms. The van der Waals surface area contributed by atoms with Crippen LogP contribution in [-0.4, -0.2) is 22.7 Å². The van der Waals surface area contributed by atoms with E-state index in [2.05, 4.69) is 16.8 Å². The standard InChI is InChI=1S/C16H22N2O2/c1-4-14(11-19)18(15-8-6-5-7-9-15)10-16-17-12(2)13(3)20-16/h5-9,14,19H,4,10-11H2,1-3H3. The number of hydrogen-bond donors (Lipinski definition) is 1. The van der Waals surface area contributed by atoms with Crippen molar-refractivity contribution in [3.05, 3.63) is 47.7 Å². The summed E-state index contributed by atoms with van der Waals surface area (Å²) in [5, 5.41) is 9.60. The van der Waals surface area contributed by atoms with Crippen molar-refractivity contribution in [1.82, 2.24) is 4.98 Å². The van der Waals surface area contributed by atoms with E-state index in [1.54, 1.807) is 0 Å². The third kappa shape index (κ3) is 3.20. The Labute approximate surface area is 120 Å². The fraction of sp³-hybridized carbons (Fsp3) is 0.438. The van der Waals surface area contributed by atoms with Crippen molar-refractivity contribution in [1.29, 1.82) is 0 Å². The van der Waals surface area contributed by atoms with Gasteiger partial charge in [0.25, 0.3) is 0 Å². The van der Waals surface area contributed by atoms with E-state index in [1.165, 1.54) is 0 Å². The average molecular weight is 274 g/mol. The number of nitrogens with zero attached hydrogens (tertiary/aromatic N) is 2. The van der Waals surface area contributed by atoms with Crippen LogP contribution in [0.2, 0.25) is 0 Å². The number of aliphatic hydroxyl groups excluding tert-OH is 1. The van der Waals surface area contributed by atoms with Crippen LogP contribution in [0.1, 0.15) is 30.7 Å². The Morgan fingerprint density at radius 3 is 2.45 bits per heavy atom. The van der Waals surface area contributed by atoms with E-state index in [9.17, 15) is 5.11 Å². The Morgan fingerprint density at radius 2 is 1.95 bits per heavy atom. The zero-order chi connectivity index (χ0) is 14.5. The SMILES string of the molecule is CCC(CO)N(Cc1nc(C)c(C)o1)c1ccccc1. The first-order valence-electron chi connectivity index (χ1n) is 7.01. The maximum absolute atomic E-state index is 9.60. The van der Waals surface area contributed by atoms with Crippen molar-refractivity contribution in [2.45, 2.75) is 39.8 Å². The van der Waals surface area contributed by atoms with Crippen LogP contribution in [0.15, 0.2) is 34.7 Å². The molecule has 0 saturated heterocycles. The van der Waals surface area contributed by atoms with Gasteiger partial charge in [0.1, 0.15) is 5.76 Å². The van der Waals surface area contributed by atoms with Crippen LogP contribution in [-0.2, 0) is 6.54 Å². The number of hydrogen-bond acceptors (Lipinski definition) is 4. The lowest BCUT2D eigenvalue weighted by molar-refractivity contribution is 0.252. The van der Waals surface area contributed by atoms with Gasteiger partial charge in [-0.05, 0) is 32.4 Å². The molecule has 108 valence electrons. The molecule has 0 aliphatic rings. The van der Waals surface area contributed by atoms with E-state index in [0.29, 0.717) is 12.4 Å². The highest BCUT2D eigenvalue weighted by atomic mass is 16.4. The fourth-order valence-electron chi connectivity index (χ4n) is 2.25. The summed E-state index contributed by atoms with van der Waals surface area (Å²) in [7, 11) is 0. The Balaban J connectivity index is 2.27. The van der Waals surface area contributed by atoms with Gasteiger partial charge in [0.2, 0.25) is 5.89 Å². The molecule has 20 heavy (non-hydrogen) atoms. The molecule has 1 aromatic carbocycles. The molecule has 2 aromatic rings. The quantitative estimate of drug-likeness (QED) is 0.879. The van der Waals surface area contributed by atoms with Crippen molar-refractivity contribution in [3.8, 4) is 0 Å². The van der Waals surface area contributed by atoms with Crippen LogP contribution in [0.4, 0.5) is 5.69 Å². The first kappa shape index (κ1) is 14.6. The second-order valence-corrected chi connectivity index (χ2v) is 4.96. The van der Waals surface area contributed by atoms with Crippen molar-refractivity contribution in [3.63, 3.8) is 0 Å². The van der Waals surface area contributed by atoms with Crippen molar-refractivity contribution < 1.29 is 9.52 Å². The lowest BCUT2D eigenvalue weighted by Gasteiger charge is -2.30. The molecule has 0 saturated carbocycles. The molecule has 0 radical (unpaired) electrons. The predicted octanol–water partition coefficient (Wildman–Crippen LogP) is 3.07. The molecule has 0 amide bonds. The first-order valence-corrected chi connectivity index (χ1v) is 7.01. The molecule has 0 aliphatic carbocycles. The third-order valence-corrected chi connectivity index (χ3v) is 3.59. The van der Waals surface area contributed by atoms with Gasteiger partial charge < -0.3 is 14.4 Å². The van der Waals surface area contributed by atoms with Crippen LogP contribution in [0.25, 0.3) is 0 Å². The number of benzene rings is 1. The third-order valence-electron chi connectivity index (χ3n) is 3.59. The minimum absolute atomic E-state index is 0.0601. The van der Waals surface area contributed by atoms with E-state index in [4.69, 9.17) is 4.42 Å². The van der Waals surface area contributed by atoms with Gasteiger partial charge in [-0.1, -0.05) is 25.1 Å². The number of oxazole rings is 1. The highest BCUT2D eigenvalue weighted by Gasteiger charge is 2.19.